The number of thiophene rings is 1. The van der Waals surface area contributed by atoms with Crippen LogP contribution in [0.4, 0.5) is 5.69 Å². The van der Waals surface area contributed by atoms with Crippen molar-refractivity contribution in [3.8, 4) is 0 Å². The SMILES string of the molecule is CN(C)C(CNC(=O)Cc1ccc(N2CCOCC2)cc1)c1cccs1. The molecule has 140 valence electrons. The number of carbonyl (C=O) groups is 1. The third-order valence-electron chi connectivity index (χ3n) is 4.66. The van der Waals surface area contributed by atoms with Gasteiger partial charge in [0, 0.05) is 30.2 Å². The van der Waals surface area contributed by atoms with E-state index in [9.17, 15) is 4.79 Å². The zero-order valence-corrected chi connectivity index (χ0v) is 16.3. The van der Waals surface area contributed by atoms with Gasteiger partial charge in [-0.15, -0.1) is 11.3 Å². The third kappa shape index (κ3) is 5.06. The van der Waals surface area contributed by atoms with Crippen molar-refractivity contribution in [1.29, 1.82) is 0 Å². The van der Waals surface area contributed by atoms with E-state index in [1.807, 2.05) is 32.3 Å². The van der Waals surface area contributed by atoms with Crippen molar-refractivity contribution in [2.75, 3.05) is 51.8 Å². The lowest BCUT2D eigenvalue weighted by Crippen LogP contribution is -2.36. The van der Waals surface area contributed by atoms with Crippen molar-refractivity contribution in [3.63, 3.8) is 0 Å². The monoisotopic (exact) mass is 373 g/mol. The maximum absolute atomic E-state index is 12.3. The summed E-state index contributed by atoms with van der Waals surface area (Å²) in [5.41, 5.74) is 2.24. The van der Waals surface area contributed by atoms with Gasteiger partial charge in [-0.2, -0.15) is 0 Å². The fraction of sp³-hybridized carbons (Fsp3) is 0.450. The predicted octanol–water partition coefficient (Wildman–Crippen LogP) is 2.55. The number of morpholine rings is 1. The number of hydrogen-bond acceptors (Lipinski definition) is 5. The first-order valence-corrected chi connectivity index (χ1v) is 9.89. The second-order valence-electron chi connectivity index (χ2n) is 6.74. The summed E-state index contributed by atoms with van der Waals surface area (Å²) in [4.78, 5) is 18.1. The van der Waals surface area contributed by atoms with Crippen LogP contribution in [0.5, 0.6) is 0 Å². The lowest BCUT2D eigenvalue weighted by molar-refractivity contribution is -0.120. The fourth-order valence-electron chi connectivity index (χ4n) is 3.12. The Balaban J connectivity index is 1.51. The van der Waals surface area contributed by atoms with Gasteiger partial charge in [0.05, 0.1) is 25.7 Å². The number of carbonyl (C=O) groups excluding carboxylic acids is 1. The van der Waals surface area contributed by atoms with Crippen LogP contribution in [-0.2, 0) is 16.0 Å². The molecule has 0 aliphatic carbocycles. The maximum Gasteiger partial charge on any atom is 0.224 e. The highest BCUT2D eigenvalue weighted by Gasteiger charge is 2.16. The molecule has 1 unspecified atom stereocenters. The van der Waals surface area contributed by atoms with Crippen LogP contribution < -0.4 is 10.2 Å². The number of ether oxygens (including phenoxy) is 1. The number of hydrogen-bond donors (Lipinski definition) is 1. The van der Waals surface area contributed by atoms with Crippen LogP contribution in [0.1, 0.15) is 16.5 Å². The molecule has 2 heterocycles. The van der Waals surface area contributed by atoms with Gasteiger partial charge in [-0.05, 0) is 43.2 Å². The number of nitrogens with zero attached hydrogens (tertiary/aromatic N) is 2. The van der Waals surface area contributed by atoms with Gasteiger partial charge in [0.15, 0.2) is 0 Å². The van der Waals surface area contributed by atoms with Gasteiger partial charge in [0.25, 0.3) is 0 Å². The second kappa shape index (κ2) is 9.16. The van der Waals surface area contributed by atoms with Crippen LogP contribution in [-0.4, -0.2) is 57.8 Å². The highest BCUT2D eigenvalue weighted by molar-refractivity contribution is 7.10. The molecular weight excluding hydrogens is 346 g/mol. The Hall–Kier alpha value is -1.89. The molecule has 1 aliphatic rings. The zero-order chi connectivity index (χ0) is 18.4. The molecule has 1 fully saturated rings. The Morgan fingerprint density at radius 2 is 1.96 bits per heavy atom. The highest BCUT2D eigenvalue weighted by Crippen LogP contribution is 2.22. The average Bonchev–Trinajstić information content (AvgIpc) is 3.17. The molecule has 1 aromatic carbocycles. The summed E-state index contributed by atoms with van der Waals surface area (Å²) in [5, 5.41) is 5.15. The topological polar surface area (TPSA) is 44.8 Å². The van der Waals surface area contributed by atoms with E-state index in [4.69, 9.17) is 4.74 Å². The zero-order valence-electron chi connectivity index (χ0n) is 15.5. The Morgan fingerprint density at radius 1 is 1.23 bits per heavy atom. The lowest BCUT2D eigenvalue weighted by atomic mass is 10.1. The molecule has 26 heavy (non-hydrogen) atoms. The Morgan fingerprint density at radius 3 is 2.58 bits per heavy atom. The quantitative estimate of drug-likeness (QED) is 0.810. The van der Waals surface area contributed by atoms with E-state index >= 15 is 0 Å². The number of likely N-dealkylation sites (N-methyl/N-ethyl adjacent to an activating group) is 1. The van der Waals surface area contributed by atoms with Gasteiger partial charge < -0.3 is 19.9 Å². The summed E-state index contributed by atoms with van der Waals surface area (Å²) in [5.74, 6) is 0.0625. The van der Waals surface area contributed by atoms with Crippen molar-refractivity contribution in [3.05, 3.63) is 52.2 Å². The fourth-order valence-corrected chi connectivity index (χ4v) is 4.05. The van der Waals surface area contributed by atoms with Crippen LogP contribution >= 0.6 is 11.3 Å². The molecule has 2 aromatic rings. The minimum absolute atomic E-state index is 0.0625. The Kier molecular flexibility index (Phi) is 6.66. The number of amides is 1. The van der Waals surface area contributed by atoms with Crippen LogP contribution in [0, 0.1) is 0 Å². The first-order valence-electron chi connectivity index (χ1n) is 9.01. The summed E-state index contributed by atoms with van der Waals surface area (Å²) in [6, 6.07) is 12.7. The molecular formula is C20H27N3O2S. The van der Waals surface area contributed by atoms with Crippen molar-refractivity contribution >= 4 is 22.9 Å². The highest BCUT2D eigenvalue weighted by atomic mass is 32.1. The molecule has 1 atom stereocenters. The molecule has 0 bridgehead atoms. The van der Waals surface area contributed by atoms with E-state index in [0.29, 0.717) is 13.0 Å². The predicted molar refractivity (Wildman–Crippen MR) is 107 cm³/mol. The number of benzene rings is 1. The van der Waals surface area contributed by atoms with Gasteiger partial charge in [-0.3, -0.25) is 4.79 Å². The second-order valence-corrected chi connectivity index (χ2v) is 7.72. The van der Waals surface area contributed by atoms with Gasteiger partial charge in [-0.1, -0.05) is 18.2 Å². The smallest absolute Gasteiger partial charge is 0.224 e. The summed E-state index contributed by atoms with van der Waals surface area (Å²) < 4.78 is 5.39. The molecule has 1 N–H and O–H groups in total. The van der Waals surface area contributed by atoms with E-state index < -0.39 is 0 Å². The molecule has 5 nitrogen and oxygen atoms in total. The van der Waals surface area contributed by atoms with Crippen LogP contribution in [0.25, 0.3) is 0 Å². The average molecular weight is 374 g/mol. The maximum atomic E-state index is 12.3. The van der Waals surface area contributed by atoms with E-state index in [1.165, 1.54) is 10.6 Å². The number of nitrogens with one attached hydrogen (secondary N) is 1. The van der Waals surface area contributed by atoms with Gasteiger partial charge in [0.1, 0.15) is 0 Å². The van der Waals surface area contributed by atoms with Crippen LogP contribution in [0.3, 0.4) is 0 Å². The van der Waals surface area contributed by atoms with Gasteiger partial charge in [-0.25, -0.2) is 0 Å². The molecule has 1 aliphatic heterocycles. The summed E-state index contributed by atoms with van der Waals surface area (Å²) >= 11 is 1.72. The molecule has 0 spiro atoms. The molecule has 1 amide bonds. The first-order chi connectivity index (χ1) is 12.6. The summed E-state index contributed by atoms with van der Waals surface area (Å²) in [7, 11) is 4.09. The van der Waals surface area contributed by atoms with Crippen molar-refractivity contribution < 1.29 is 9.53 Å². The molecule has 1 aromatic heterocycles. The largest absolute Gasteiger partial charge is 0.378 e. The van der Waals surface area contributed by atoms with E-state index in [2.05, 4.69) is 38.7 Å². The summed E-state index contributed by atoms with van der Waals surface area (Å²) in [6.07, 6.45) is 0.411. The van der Waals surface area contributed by atoms with Crippen LogP contribution in [0.15, 0.2) is 41.8 Å². The third-order valence-corrected chi connectivity index (χ3v) is 5.64. The van der Waals surface area contributed by atoms with Crippen LogP contribution in [0.2, 0.25) is 0 Å². The van der Waals surface area contributed by atoms with Crippen molar-refractivity contribution in [1.82, 2.24) is 10.2 Å². The minimum atomic E-state index is 0.0625. The number of anilines is 1. The van der Waals surface area contributed by atoms with Gasteiger partial charge >= 0.3 is 0 Å². The molecule has 1 saturated heterocycles. The minimum Gasteiger partial charge on any atom is -0.378 e. The standard InChI is InChI=1S/C20H27N3O2S/c1-22(2)18(19-4-3-13-26-19)15-21-20(24)14-16-5-7-17(8-6-16)23-9-11-25-12-10-23/h3-8,13,18H,9-12,14-15H2,1-2H3,(H,21,24). The Labute approximate surface area is 159 Å². The van der Waals surface area contributed by atoms with E-state index in [-0.39, 0.29) is 11.9 Å². The Bertz CT molecular complexity index is 680. The van der Waals surface area contributed by atoms with Crippen molar-refractivity contribution in [2.45, 2.75) is 12.5 Å². The normalized spacial score (nSPS) is 15.9. The summed E-state index contributed by atoms with van der Waals surface area (Å²) in [6.45, 7) is 4.03. The molecule has 0 radical (unpaired) electrons. The molecule has 3 rings (SSSR count). The molecule has 0 saturated carbocycles. The van der Waals surface area contributed by atoms with E-state index in [0.717, 1.165) is 31.9 Å². The van der Waals surface area contributed by atoms with Gasteiger partial charge in [0.2, 0.25) is 5.91 Å². The van der Waals surface area contributed by atoms with Crippen molar-refractivity contribution in [2.24, 2.45) is 0 Å². The lowest BCUT2D eigenvalue weighted by Gasteiger charge is -2.28. The first kappa shape index (κ1) is 18.9. The molecule has 6 heteroatoms. The number of rotatable bonds is 7. The van der Waals surface area contributed by atoms with E-state index in [1.54, 1.807) is 11.3 Å².